The molecule has 1 aromatic rings. The van der Waals surface area contributed by atoms with Crippen molar-refractivity contribution in [3.05, 3.63) is 28.8 Å². The van der Waals surface area contributed by atoms with Crippen molar-refractivity contribution in [1.29, 1.82) is 0 Å². The van der Waals surface area contributed by atoms with Gasteiger partial charge >= 0.3 is 0 Å². The minimum absolute atomic E-state index is 0.0549. The Balaban J connectivity index is 2.17. The number of carbonyl (C=O) groups excluding carboxylic acids is 2. The number of amides is 2. The molecule has 144 valence electrons. The van der Waals surface area contributed by atoms with Crippen LogP contribution in [0.25, 0.3) is 0 Å². The third kappa shape index (κ3) is 9.58. The first kappa shape index (κ1) is 22.2. The Hall–Kier alpha value is -1.86. The number of aryl methyl sites for hydroxylation is 1. The van der Waals surface area contributed by atoms with E-state index in [9.17, 15) is 9.59 Å². The Morgan fingerprint density at radius 3 is 2.54 bits per heavy atom. The van der Waals surface area contributed by atoms with Gasteiger partial charge in [-0.05, 0) is 49.3 Å². The largest absolute Gasteiger partial charge is 0.484 e. The average Bonchev–Trinajstić information content (AvgIpc) is 2.60. The molecular formula is C18H26ClN3O3S. The van der Waals surface area contributed by atoms with Gasteiger partial charge in [-0.3, -0.25) is 20.4 Å². The molecule has 2 amide bonds. The molecule has 0 saturated heterocycles. The maximum Gasteiger partial charge on any atom is 0.276 e. The molecule has 0 atom stereocenters. The lowest BCUT2D eigenvalue weighted by Gasteiger charge is -2.11. The van der Waals surface area contributed by atoms with Crippen molar-refractivity contribution >= 4 is 40.7 Å². The Morgan fingerprint density at radius 1 is 1.12 bits per heavy atom. The van der Waals surface area contributed by atoms with Gasteiger partial charge in [0.15, 0.2) is 11.7 Å². The Bertz CT molecular complexity index is 626. The van der Waals surface area contributed by atoms with E-state index >= 15 is 0 Å². The number of benzene rings is 1. The number of nitrogens with one attached hydrogen (secondary N) is 3. The number of unbranched alkanes of at least 4 members (excludes halogenated alkanes) is 4. The smallest absolute Gasteiger partial charge is 0.276 e. The summed E-state index contributed by atoms with van der Waals surface area (Å²) in [5, 5.41) is 3.21. The van der Waals surface area contributed by atoms with Crippen LogP contribution in [0.1, 0.15) is 51.0 Å². The predicted molar refractivity (Wildman–Crippen MR) is 107 cm³/mol. The van der Waals surface area contributed by atoms with Gasteiger partial charge in [0.1, 0.15) is 5.75 Å². The quantitative estimate of drug-likeness (QED) is 0.337. The number of hydrazine groups is 1. The van der Waals surface area contributed by atoms with Gasteiger partial charge in [-0.2, -0.15) is 0 Å². The van der Waals surface area contributed by atoms with Crippen molar-refractivity contribution in [2.75, 3.05) is 6.61 Å². The Morgan fingerprint density at radius 2 is 1.85 bits per heavy atom. The molecule has 0 heterocycles. The van der Waals surface area contributed by atoms with Gasteiger partial charge in [0, 0.05) is 11.4 Å². The van der Waals surface area contributed by atoms with Crippen LogP contribution in [0.3, 0.4) is 0 Å². The normalized spacial score (nSPS) is 10.1. The van der Waals surface area contributed by atoms with Crippen LogP contribution in [0.15, 0.2) is 18.2 Å². The third-order valence-electron chi connectivity index (χ3n) is 3.58. The van der Waals surface area contributed by atoms with E-state index < -0.39 is 5.91 Å². The number of carbonyl (C=O) groups is 2. The fourth-order valence-corrected chi connectivity index (χ4v) is 2.41. The van der Waals surface area contributed by atoms with Gasteiger partial charge in [-0.25, -0.2) is 0 Å². The fraction of sp³-hybridized carbons (Fsp3) is 0.500. The fourth-order valence-electron chi connectivity index (χ4n) is 2.13. The first-order valence-electron chi connectivity index (χ1n) is 8.70. The van der Waals surface area contributed by atoms with E-state index in [2.05, 4.69) is 23.1 Å². The van der Waals surface area contributed by atoms with Crippen LogP contribution in [-0.2, 0) is 9.59 Å². The highest BCUT2D eigenvalue weighted by atomic mass is 35.5. The topological polar surface area (TPSA) is 79.5 Å². The van der Waals surface area contributed by atoms with E-state index in [4.69, 9.17) is 28.6 Å². The van der Waals surface area contributed by atoms with E-state index in [0.29, 0.717) is 17.2 Å². The number of hydrogen-bond donors (Lipinski definition) is 3. The number of rotatable bonds is 9. The summed E-state index contributed by atoms with van der Waals surface area (Å²) in [6.07, 6.45) is 5.76. The van der Waals surface area contributed by atoms with Crippen molar-refractivity contribution in [3.63, 3.8) is 0 Å². The van der Waals surface area contributed by atoms with Crippen LogP contribution >= 0.6 is 23.8 Å². The summed E-state index contributed by atoms with van der Waals surface area (Å²) >= 11 is 10.9. The second-order valence-corrected chi connectivity index (χ2v) is 6.73. The number of ether oxygens (including phenoxy) is 1. The SMILES string of the molecule is CCCCCCCC(=O)NC(=S)NNC(=O)COc1ccc(Cl)c(C)c1. The average molecular weight is 400 g/mol. The molecule has 0 unspecified atom stereocenters. The molecule has 0 aromatic heterocycles. The molecule has 8 heteroatoms. The highest BCUT2D eigenvalue weighted by Crippen LogP contribution is 2.20. The van der Waals surface area contributed by atoms with Gasteiger partial charge in [0.2, 0.25) is 5.91 Å². The lowest BCUT2D eigenvalue weighted by molar-refractivity contribution is -0.124. The summed E-state index contributed by atoms with van der Waals surface area (Å²) < 4.78 is 5.36. The second kappa shape index (κ2) is 12.5. The molecule has 6 nitrogen and oxygen atoms in total. The number of thiocarbonyl (C=S) groups is 1. The summed E-state index contributed by atoms with van der Waals surface area (Å²) in [6, 6.07) is 5.13. The van der Waals surface area contributed by atoms with Gasteiger partial charge in [0.05, 0.1) is 0 Å². The predicted octanol–water partition coefficient (Wildman–Crippen LogP) is 3.41. The molecular weight excluding hydrogens is 374 g/mol. The van der Waals surface area contributed by atoms with Crippen LogP contribution in [0.5, 0.6) is 5.75 Å². The van der Waals surface area contributed by atoms with Crippen LogP contribution in [-0.4, -0.2) is 23.5 Å². The summed E-state index contributed by atoms with van der Waals surface area (Å²) in [4.78, 5) is 23.4. The summed E-state index contributed by atoms with van der Waals surface area (Å²) in [5.41, 5.74) is 5.71. The molecule has 0 bridgehead atoms. The first-order chi connectivity index (χ1) is 12.4. The molecule has 0 aliphatic carbocycles. The lowest BCUT2D eigenvalue weighted by atomic mass is 10.1. The first-order valence-corrected chi connectivity index (χ1v) is 9.48. The maximum atomic E-state index is 11.7. The summed E-state index contributed by atoms with van der Waals surface area (Å²) in [5.74, 6) is -0.0455. The number of halogens is 1. The van der Waals surface area contributed by atoms with E-state index in [1.54, 1.807) is 18.2 Å². The van der Waals surface area contributed by atoms with E-state index in [1.165, 1.54) is 12.8 Å². The van der Waals surface area contributed by atoms with Crippen LogP contribution in [0.2, 0.25) is 5.02 Å². The molecule has 1 aromatic carbocycles. The highest BCUT2D eigenvalue weighted by molar-refractivity contribution is 7.80. The lowest BCUT2D eigenvalue weighted by Crippen LogP contribution is -2.49. The molecule has 0 radical (unpaired) electrons. The highest BCUT2D eigenvalue weighted by Gasteiger charge is 2.07. The van der Waals surface area contributed by atoms with Crippen molar-refractivity contribution in [1.82, 2.24) is 16.2 Å². The van der Waals surface area contributed by atoms with E-state index in [-0.39, 0.29) is 17.6 Å². The van der Waals surface area contributed by atoms with E-state index in [1.807, 2.05) is 6.92 Å². The molecule has 0 fully saturated rings. The second-order valence-electron chi connectivity index (χ2n) is 5.91. The van der Waals surface area contributed by atoms with Crippen molar-refractivity contribution < 1.29 is 14.3 Å². The van der Waals surface area contributed by atoms with Gasteiger partial charge in [-0.15, -0.1) is 0 Å². The molecule has 0 saturated carbocycles. The molecule has 3 N–H and O–H groups in total. The summed E-state index contributed by atoms with van der Waals surface area (Å²) in [7, 11) is 0. The minimum Gasteiger partial charge on any atom is -0.484 e. The third-order valence-corrected chi connectivity index (χ3v) is 4.20. The van der Waals surface area contributed by atoms with E-state index in [0.717, 1.165) is 24.8 Å². The Labute approximate surface area is 165 Å². The van der Waals surface area contributed by atoms with Crippen LogP contribution in [0.4, 0.5) is 0 Å². The van der Waals surface area contributed by atoms with Crippen molar-refractivity contribution in [2.24, 2.45) is 0 Å². The molecule has 0 aliphatic heterocycles. The van der Waals surface area contributed by atoms with Crippen molar-refractivity contribution in [2.45, 2.75) is 52.4 Å². The monoisotopic (exact) mass is 399 g/mol. The minimum atomic E-state index is -0.422. The van der Waals surface area contributed by atoms with Gasteiger partial charge < -0.3 is 10.1 Å². The number of hydrogen-bond acceptors (Lipinski definition) is 4. The maximum absolute atomic E-state index is 11.7. The molecule has 1 rings (SSSR count). The Kier molecular flexibility index (Phi) is 10.7. The zero-order valence-corrected chi connectivity index (χ0v) is 16.8. The zero-order chi connectivity index (χ0) is 19.4. The van der Waals surface area contributed by atoms with Crippen LogP contribution in [0, 0.1) is 6.92 Å². The molecule has 0 spiro atoms. The standard InChI is InChI=1S/C18H26ClN3O3S/c1-3-4-5-6-7-8-16(23)20-18(26)22-21-17(24)12-25-14-9-10-15(19)13(2)11-14/h9-11H,3-8,12H2,1-2H3,(H,21,24)(H2,20,22,23,26). The molecule has 0 aliphatic rings. The zero-order valence-electron chi connectivity index (χ0n) is 15.2. The van der Waals surface area contributed by atoms with Gasteiger partial charge in [0.25, 0.3) is 5.91 Å². The van der Waals surface area contributed by atoms with Crippen molar-refractivity contribution in [3.8, 4) is 5.75 Å². The summed E-state index contributed by atoms with van der Waals surface area (Å²) in [6.45, 7) is 3.80. The van der Waals surface area contributed by atoms with Gasteiger partial charge in [-0.1, -0.05) is 44.2 Å². The van der Waals surface area contributed by atoms with Crippen LogP contribution < -0.4 is 20.9 Å². The molecule has 26 heavy (non-hydrogen) atoms.